The van der Waals surface area contributed by atoms with Crippen molar-refractivity contribution in [2.24, 2.45) is 0 Å². The number of ketones is 1. The highest BCUT2D eigenvalue weighted by atomic mass is 19.1. The van der Waals surface area contributed by atoms with Crippen LogP contribution in [-0.4, -0.2) is 28.4 Å². The first-order valence-electron chi connectivity index (χ1n) is 7.07. The number of esters is 1. The second-order valence-electron chi connectivity index (χ2n) is 5.57. The van der Waals surface area contributed by atoms with Gasteiger partial charge in [0.2, 0.25) is 5.78 Å². The number of Topliss-reactive ketones (excluding diaryl/α,β-unsaturated/α-hetero) is 1. The van der Waals surface area contributed by atoms with Crippen molar-refractivity contribution in [1.29, 1.82) is 0 Å². The van der Waals surface area contributed by atoms with Crippen LogP contribution in [0, 0.1) is 19.7 Å². The van der Waals surface area contributed by atoms with E-state index in [-0.39, 0.29) is 11.3 Å². The highest BCUT2D eigenvalue weighted by Crippen LogP contribution is 2.23. The van der Waals surface area contributed by atoms with Crippen molar-refractivity contribution >= 4 is 11.8 Å². The van der Waals surface area contributed by atoms with Crippen molar-refractivity contribution in [2.75, 3.05) is 6.61 Å². The Labute approximate surface area is 133 Å². The zero-order chi connectivity index (χ0) is 17.2. The molecular weight excluding hydrogens is 301 g/mol. The zero-order valence-corrected chi connectivity index (χ0v) is 13.1. The van der Waals surface area contributed by atoms with Crippen molar-refractivity contribution in [3.05, 3.63) is 58.7 Å². The summed E-state index contributed by atoms with van der Waals surface area (Å²) in [5, 5.41) is 10.3. The maximum absolute atomic E-state index is 13.2. The number of aliphatic hydroxyl groups is 1. The van der Waals surface area contributed by atoms with Crippen LogP contribution >= 0.6 is 0 Å². The number of aromatic nitrogens is 1. The summed E-state index contributed by atoms with van der Waals surface area (Å²) in [6, 6.07) is 6.69. The molecule has 6 heteroatoms. The molecule has 0 aliphatic carbocycles. The molecule has 122 valence electrons. The minimum atomic E-state index is -2.04. The number of H-pyrrole nitrogens is 1. The molecule has 2 rings (SSSR count). The van der Waals surface area contributed by atoms with E-state index in [4.69, 9.17) is 4.74 Å². The Balaban J connectivity index is 2.07. The van der Waals surface area contributed by atoms with Crippen molar-refractivity contribution in [2.45, 2.75) is 26.4 Å². The van der Waals surface area contributed by atoms with E-state index in [9.17, 15) is 19.1 Å². The molecular formula is C17H18FNO4. The van der Waals surface area contributed by atoms with Crippen LogP contribution in [0.15, 0.2) is 30.3 Å². The Hall–Kier alpha value is -2.47. The van der Waals surface area contributed by atoms with E-state index in [0.717, 1.165) is 11.8 Å². The van der Waals surface area contributed by atoms with Crippen molar-refractivity contribution in [3.63, 3.8) is 0 Å². The van der Waals surface area contributed by atoms with E-state index in [1.54, 1.807) is 13.0 Å². The Morgan fingerprint density at radius 1 is 1.30 bits per heavy atom. The third-order valence-electron chi connectivity index (χ3n) is 3.57. The topological polar surface area (TPSA) is 79.4 Å². The van der Waals surface area contributed by atoms with Crippen LogP contribution in [-0.2, 0) is 15.1 Å². The molecule has 23 heavy (non-hydrogen) atoms. The average Bonchev–Trinajstić information content (AvgIpc) is 2.83. The predicted molar refractivity (Wildman–Crippen MR) is 81.5 cm³/mol. The maximum Gasteiger partial charge on any atom is 0.342 e. The van der Waals surface area contributed by atoms with Crippen LogP contribution in [0.3, 0.4) is 0 Å². The SMILES string of the molecule is Cc1cc(C(=O)COC(=O)C(C)(O)c2cccc(F)c2)c(C)[nH]1. The Kier molecular flexibility index (Phi) is 4.65. The van der Waals surface area contributed by atoms with Gasteiger partial charge in [0.1, 0.15) is 5.82 Å². The van der Waals surface area contributed by atoms with Gasteiger partial charge >= 0.3 is 5.97 Å². The number of carbonyl (C=O) groups excluding carboxylic acids is 2. The van der Waals surface area contributed by atoms with E-state index < -0.39 is 24.0 Å². The number of rotatable bonds is 5. The molecule has 0 spiro atoms. The van der Waals surface area contributed by atoms with Crippen LogP contribution < -0.4 is 0 Å². The third kappa shape index (κ3) is 3.65. The van der Waals surface area contributed by atoms with Gasteiger partial charge in [-0.25, -0.2) is 9.18 Å². The molecule has 0 radical (unpaired) electrons. The van der Waals surface area contributed by atoms with E-state index in [1.165, 1.54) is 25.1 Å². The first kappa shape index (κ1) is 16.9. The molecule has 0 saturated carbocycles. The number of nitrogens with one attached hydrogen (secondary N) is 1. The van der Waals surface area contributed by atoms with Gasteiger partial charge in [-0.15, -0.1) is 0 Å². The van der Waals surface area contributed by atoms with Gasteiger partial charge in [0.15, 0.2) is 12.2 Å². The first-order chi connectivity index (χ1) is 10.7. The summed E-state index contributed by atoms with van der Waals surface area (Å²) in [5.74, 6) is -1.97. The van der Waals surface area contributed by atoms with Gasteiger partial charge in [0.05, 0.1) is 0 Å². The molecule has 1 aromatic heterocycles. The monoisotopic (exact) mass is 319 g/mol. The number of aromatic amines is 1. The number of carbonyl (C=O) groups is 2. The van der Waals surface area contributed by atoms with E-state index >= 15 is 0 Å². The highest BCUT2D eigenvalue weighted by Gasteiger charge is 2.35. The zero-order valence-electron chi connectivity index (χ0n) is 13.1. The van der Waals surface area contributed by atoms with Crippen molar-refractivity contribution < 1.29 is 23.8 Å². The van der Waals surface area contributed by atoms with Gasteiger partial charge in [-0.1, -0.05) is 12.1 Å². The van der Waals surface area contributed by atoms with Gasteiger partial charge in [-0.05, 0) is 44.5 Å². The standard InChI is InChI=1S/C17H18FNO4/c1-10-7-14(11(2)19-10)15(20)9-23-16(21)17(3,22)12-5-4-6-13(18)8-12/h4-8,19,22H,9H2,1-3H3. The molecule has 0 amide bonds. The molecule has 0 bridgehead atoms. The fraction of sp³-hybridized carbons (Fsp3) is 0.294. The largest absolute Gasteiger partial charge is 0.455 e. The van der Waals surface area contributed by atoms with E-state index in [1.807, 2.05) is 6.92 Å². The summed E-state index contributed by atoms with van der Waals surface area (Å²) in [6.45, 7) is 4.25. The fourth-order valence-corrected chi connectivity index (χ4v) is 2.27. The molecule has 1 aromatic carbocycles. The highest BCUT2D eigenvalue weighted by molar-refractivity contribution is 5.99. The lowest BCUT2D eigenvalue weighted by molar-refractivity contribution is -0.163. The van der Waals surface area contributed by atoms with Crippen LogP contribution in [0.2, 0.25) is 0 Å². The molecule has 0 aliphatic rings. The number of aryl methyl sites for hydroxylation is 2. The van der Waals surface area contributed by atoms with Gasteiger partial charge in [-0.3, -0.25) is 4.79 Å². The molecule has 1 atom stereocenters. The molecule has 1 heterocycles. The molecule has 1 unspecified atom stereocenters. The number of benzene rings is 1. The number of hydrogen-bond acceptors (Lipinski definition) is 4. The first-order valence-corrected chi connectivity index (χ1v) is 7.07. The van der Waals surface area contributed by atoms with Crippen LogP contribution in [0.5, 0.6) is 0 Å². The maximum atomic E-state index is 13.2. The lowest BCUT2D eigenvalue weighted by atomic mass is 9.96. The lowest BCUT2D eigenvalue weighted by Crippen LogP contribution is -2.35. The van der Waals surface area contributed by atoms with Gasteiger partial charge in [0, 0.05) is 17.0 Å². The van der Waals surface area contributed by atoms with Gasteiger partial charge in [-0.2, -0.15) is 0 Å². The van der Waals surface area contributed by atoms with Crippen LogP contribution in [0.4, 0.5) is 4.39 Å². The average molecular weight is 319 g/mol. The summed E-state index contributed by atoms with van der Waals surface area (Å²) < 4.78 is 18.1. The van der Waals surface area contributed by atoms with Crippen LogP contribution in [0.25, 0.3) is 0 Å². The number of hydrogen-bond donors (Lipinski definition) is 2. The fourth-order valence-electron chi connectivity index (χ4n) is 2.27. The van der Waals surface area contributed by atoms with Gasteiger partial charge in [0.25, 0.3) is 0 Å². The van der Waals surface area contributed by atoms with Gasteiger partial charge < -0.3 is 14.8 Å². The van der Waals surface area contributed by atoms with E-state index in [2.05, 4.69) is 4.98 Å². The number of ether oxygens (including phenoxy) is 1. The lowest BCUT2D eigenvalue weighted by Gasteiger charge is -2.21. The minimum absolute atomic E-state index is 0.0589. The smallest absolute Gasteiger partial charge is 0.342 e. The Morgan fingerprint density at radius 2 is 2.00 bits per heavy atom. The van der Waals surface area contributed by atoms with Crippen molar-refractivity contribution in [1.82, 2.24) is 4.98 Å². The molecule has 2 aromatic rings. The summed E-state index contributed by atoms with van der Waals surface area (Å²) in [6.07, 6.45) is 0. The molecule has 2 N–H and O–H groups in total. The van der Waals surface area contributed by atoms with Crippen LogP contribution in [0.1, 0.15) is 34.2 Å². The Bertz CT molecular complexity index is 749. The molecule has 0 aliphatic heterocycles. The second kappa shape index (κ2) is 6.34. The summed E-state index contributed by atoms with van der Waals surface area (Å²) in [4.78, 5) is 27.1. The quantitative estimate of drug-likeness (QED) is 0.655. The summed E-state index contributed by atoms with van der Waals surface area (Å²) in [7, 11) is 0. The summed E-state index contributed by atoms with van der Waals surface area (Å²) >= 11 is 0. The van der Waals surface area contributed by atoms with E-state index in [0.29, 0.717) is 11.3 Å². The minimum Gasteiger partial charge on any atom is -0.455 e. The van der Waals surface area contributed by atoms with Crippen molar-refractivity contribution in [3.8, 4) is 0 Å². The summed E-state index contributed by atoms with van der Waals surface area (Å²) in [5.41, 5.74) is -0.0421. The Morgan fingerprint density at radius 3 is 2.57 bits per heavy atom. The number of halogens is 1. The molecule has 0 saturated heterocycles. The molecule has 5 nitrogen and oxygen atoms in total. The third-order valence-corrected chi connectivity index (χ3v) is 3.57. The normalized spacial score (nSPS) is 13.4. The predicted octanol–water partition coefficient (Wildman–Crippen LogP) is 2.40. The molecule has 0 fully saturated rings. The second-order valence-corrected chi connectivity index (χ2v) is 5.57.